The van der Waals surface area contributed by atoms with Crippen molar-refractivity contribution in [3.63, 3.8) is 0 Å². The number of hydrogen-bond acceptors (Lipinski definition) is 4. The Labute approximate surface area is 122 Å². The molecule has 0 bridgehead atoms. The van der Waals surface area contributed by atoms with Crippen molar-refractivity contribution in [3.8, 4) is 0 Å². The van der Waals surface area contributed by atoms with Crippen LogP contribution in [0.25, 0.3) is 0 Å². The van der Waals surface area contributed by atoms with Gasteiger partial charge in [-0.05, 0) is 45.2 Å². The van der Waals surface area contributed by atoms with Gasteiger partial charge in [-0.2, -0.15) is 5.10 Å². The fraction of sp³-hybridized carbons (Fsp3) is 0.786. The van der Waals surface area contributed by atoms with Gasteiger partial charge in [0.1, 0.15) is 9.84 Å². The Morgan fingerprint density at radius 1 is 1.30 bits per heavy atom. The number of rotatable bonds is 8. The van der Waals surface area contributed by atoms with Gasteiger partial charge >= 0.3 is 0 Å². The van der Waals surface area contributed by atoms with Crippen molar-refractivity contribution in [1.29, 1.82) is 0 Å². The first-order valence-electron chi connectivity index (χ1n) is 7.14. The molecule has 0 aliphatic rings. The molecule has 5 nitrogen and oxygen atoms in total. The average Bonchev–Trinajstić information content (AvgIpc) is 2.57. The highest BCUT2D eigenvalue weighted by Crippen LogP contribution is 2.16. The van der Waals surface area contributed by atoms with Gasteiger partial charge in [0.15, 0.2) is 0 Å². The van der Waals surface area contributed by atoms with Gasteiger partial charge in [0.05, 0.1) is 11.4 Å². The fourth-order valence-electron chi connectivity index (χ4n) is 2.49. The van der Waals surface area contributed by atoms with Crippen LogP contribution in [0, 0.1) is 13.8 Å². The maximum absolute atomic E-state index is 11.3. The van der Waals surface area contributed by atoms with Crippen LogP contribution in [0.5, 0.6) is 0 Å². The summed E-state index contributed by atoms with van der Waals surface area (Å²) in [5.41, 5.74) is 3.55. The summed E-state index contributed by atoms with van der Waals surface area (Å²) in [6, 6.07) is 0.244. The number of nitrogens with one attached hydrogen (secondary N) is 1. The third-order valence-electron chi connectivity index (χ3n) is 3.73. The maximum atomic E-state index is 11.3. The van der Waals surface area contributed by atoms with Crippen molar-refractivity contribution in [3.05, 3.63) is 17.0 Å². The van der Waals surface area contributed by atoms with E-state index in [0.29, 0.717) is 6.42 Å². The Kier molecular flexibility index (Phi) is 6.20. The molecule has 1 aromatic heterocycles. The molecule has 0 spiro atoms. The standard InChI is InChI=1S/C14H27N3O2S/c1-6-15-13(9-10-20(5,18)19)7-8-14-11(2)16-17(4)12(14)3/h13,15H,6-10H2,1-5H3. The van der Waals surface area contributed by atoms with Crippen molar-refractivity contribution in [2.45, 2.75) is 46.1 Å². The Balaban J connectivity index is 2.62. The largest absolute Gasteiger partial charge is 0.314 e. The van der Waals surface area contributed by atoms with Crippen LogP contribution in [0.15, 0.2) is 0 Å². The molecule has 0 amide bonds. The third-order valence-corrected chi connectivity index (χ3v) is 4.71. The smallest absolute Gasteiger partial charge is 0.147 e. The Bertz CT molecular complexity index is 535. The maximum Gasteiger partial charge on any atom is 0.147 e. The van der Waals surface area contributed by atoms with E-state index in [0.717, 1.165) is 25.1 Å². The van der Waals surface area contributed by atoms with Gasteiger partial charge in [-0.3, -0.25) is 4.68 Å². The number of aromatic nitrogens is 2. The van der Waals surface area contributed by atoms with Crippen LogP contribution in [0.4, 0.5) is 0 Å². The lowest BCUT2D eigenvalue weighted by atomic mass is 10.0. The first kappa shape index (κ1) is 17.2. The van der Waals surface area contributed by atoms with E-state index in [4.69, 9.17) is 0 Å². The molecule has 1 unspecified atom stereocenters. The molecule has 1 rings (SSSR count). The molecule has 0 saturated carbocycles. The first-order valence-corrected chi connectivity index (χ1v) is 9.20. The predicted octanol–water partition coefficient (Wildman–Crippen LogP) is 1.38. The zero-order valence-corrected chi connectivity index (χ0v) is 14.0. The average molecular weight is 301 g/mol. The highest BCUT2D eigenvalue weighted by atomic mass is 32.2. The lowest BCUT2D eigenvalue weighted by Gasteiger charge is -2.17. The topological polar surface area (TPSA) is 64.0 Å². The lowest BCUT2D eigenvalue weighted by Crippen LogP contribution is -2.31. The van der Waals surface area contributed by atoms with E-state index < -0.39 is 9.84 Å². The van der Waals surface area contributed by atoms with Crippen LogP contribution < -0.4 is 5.32 Å². The van der Waals surface area contributed by atoms with Gasteiger partial charge in [0.25, 0.3) is 0 Å². The van der Waals surface area contributed by atoms with Gasteiger partial charge < -0.3 is 5.32 Å². The van der Waals surface area contributed by atoms with Crippen LogP contribution in [-0.4, -0.2) is 42.8 Å². The minimum atomic E-state index is -2.89. The second kappa shape index (κ2) is 7.22. The molecule has 1 aromatic rings. The number of sulfone groups is 1. The molecule has 0 aromatic carbocycles. The molecule has 0 radical (unpaired) electrons. The number of aryl methyl sites for hydroxylation is 2. The summed E-state index contributed by atoms with van der Waals surface area (Å²) in [6.45, 7) is 7.02. The van der Waals surface area contributed by atoms with Crippen LogP contribution in [-0.2, 0) is 23.3 Å². The van der Waals surface area contributed by atoms with Crippen molar-refractivity contribution in [2.24, 2.45) is 7.05 Å². The molecule has 6 heteroatoms. The van der Waals surface area contributed by atoms with Gasteiger partial charge in [0, 0.05) is 25.0 Å². The highest BCUT2D eigenvalue weighted by molar-refractivity contribution is 7.90. The van der Waals surface area contributed by atoms with E-state index >= 15 is 0 Å². The molecule has 1 heterocycles. The van der Waals surface area contributed by atoms with Crippen LogP contribution in [0.1, 0.15) is 36.7 Å². The Hall–Kier alpha value is -0.880. The molecule has 0 aliphatic heterocycles. The van der Waals surface area contributed by atoms with Crippen molar-refractivity contribution in [2.75, 3.05) is 18.6 Å². The third kappa shape index (κ3) is 5.25. The molecule has 1 N–H and O–H groups in total. The Morgan fingerprint density at radius 2 is 1.95 bits per heavy atom. The molecule has 1 atom stereocenters. The zero-order valence-electron chi connectivity index (χ0n) is 13.2. The first-order chi connectivity index (χ1) is 9.24. The molecule has 116 valence electrons. The molecular weight excluding hydrogens is 274 g/mol. The summed E-state index contributed by atoms with van der Waals surface area (Å²) >= 11 is 0. The van der Waals surface area contributed by atoms with Crippen LogP contribution in [0.2, 0.25) is 0 Å². The van der Waals surface area contributed by atoms with Crippen molar-refractivity contribution >= 4 is 9.84 Å². The van der Waals surface area contributed by atoms with Crippen LogP contribution >= 0.6 is 0 Å². The second-order valence-corrected chi connectivity index (χ2v) is 7.74. The van der Waals surface area contributed by atoms with Gasteiger partial charge in [0.2, 0.25) is 0 Å². The minimum Gasteiger partial charge on any atom is -0.314 e. The summed E-state index contributed by atoms with van der Waals surface area (Å²) in [4.78, 5) is 0. The summed E-state index contributed by atoms with van der Waals surface area (Å²) < 4.78 is 24.5. The van der Waals surface area contributed by atoms with Crippen molar-refractivity contribution in [1.82, 2.24) is 15.1 Å². The van der Waals surface area contributed by atoms with E-state index in [-0.39, 0.29) is 11.8 Å². The fourth-order valence-corrected chi connectivity index (χ4v) is 3.20. The Morgan fingerprint density at radius 3 is 2.40 bits per heavy atom. The molecule has 20 heavy (non-hydrogen) atoms. The zero-order chi connectivity index (χ0) is 15.3. The van der Waals surface area contributed by atoms with E-state index in [2.05, 4.69) is 17.3 Å². The molecule has 0 saturated heterocycles. The summed E-state index contributed by atoms with van der Waals surface area (Å²) in [5, 5.41) is 7.80. The summed E-state index contributed by atoms with van der Waals surface area (Å²) in [7, 11) is -0.934. The normalized spacial score (nSPS) is 13.7. The lowest BCUT2D eigenvalue weighted by molar-refractivity contribution is 0.478. The highest BCUT2D eigenvalue weighted by Gasteiger charge is 2.14. The summed E-state index contributed by atoms with van der Waals surface area (Å²) in [5.74, 6) is 0.246. The van der Waals surface area contributed by atoms with Gasteiger partial charge in [-0.1, -0.05) is 6.92 Å². The van der Waals surface area contributed by atoms with E-state index in [1.54, 1.807) is 0 Å². The molecule has 0 fully saturated rings. The van der Waals surface area contributed by atoms with Crippen LogP contribution in [0.3, 0.4) is 0 Å². The van der Waals surface area contributed by atoms with E-state index in [1.165, 1.54) is 17.5 Å². The quantitative estimate of drug-likeness (QED) is 0.788. The van der Waals surface area contributed by atoms with E-state index in [1.807, 2.05) is 25.6 Å². The number of hydrogen-bond donors (Lipinski definition) is 1. The minimum absolute atomic E-state index is 0.244. The van der Waals surface area contributed by atoms with Gasteiger partial charge in [-0.15, -0.1) is 0 Å². The number of nitrogens with zero attached hydrogens (tertiary/aromatic N) is 2. The van der Waals surface area contributed by atoms with Crippen molar-refractivity contribution < 1.29 is 8.42 Å². The predicted molar refractivity (Wildman–Crippen MR) is 82.8 cm³/mol. The summed E-state index contributed by atoms with van der Waals surface area (Å²) in [6.07, 6.45) is 3.85. The second-order valence-electron chi connectivity index (χ2n) is 5.48. The van der Waals surface area contributed by atoms with Gasteiger partial charge in [-0.25, -0.2) is 8.42 Å². The van der Waals surface area contributed by atoms with E-state index in [9.17, 15) is 8.42 Å². The SMILES string of the molecule is CCNC(CCc1c(C)nn(C)c1C)CCS(C)(=O)=O. The molecular formula is C14H27N3O2S. The monoisotopic (exact) mass is 301 g/mol. The molecule has 0 aliphatic carbocycles.